The number of esters is 1. The molecule has 0 bridgehead atoms. The first-order chi connectivity index (χ1) is 20.2. The summed E-state index contributed by atoms with van der Waals surface area (Å²) in [6.07, 6.45) is 1.78. The van der Waals surface area contributed by atoms with Crippen molar-refractivity contribution in [3.05, 3.63) is 123 Å². The van der Waals surface area contributed by atoms with Gasteiger partial charge < -0.3 is 14.2 Å². The molecule has 0 spiro atoms. The van der Waals surface area contributed by atoms with E-state index < -0.39 is 12.0 Å². The maximum atomic E-state index is 13.9. The Hall–Kier alpha value is -3.54. The normalized spacial score (nSPS) is 14.8. The topological polar surface area (TPSA) is 79.1 Å². The van der Waals surface area contributed by atoms with Gasteiger partial charge in [0.05, 0.1) is 44.5 Å². The van der Waals surface area contributed by atoms with Crippen LogP contribution in [-0.4, -0.2) is 24.3 Å². The molecule has 7 nitrogen and oxygen atoms in total. The van der Waals surface area contributed by atoms with Gasteiger partial charge in [-0.1, -0.05) is 35.6 Å². The summed E-state index contributed by atoms with van der Waals surface area (Å²) in [5.74, 6) is 0.411. The number of hydrogen-bond acceptors (Lipinski definition) is 7. The second kappa shape index (κ2) is 12.8. The van der Waals surface area contributed by atoms with Crippen LogP contribution in [-0.2, 0) is 16.1 Å². The minimum absolute atomic E-state index is 0.197. The van der Waals surface area contributed by atoms with Gasteiger partial charge in [0.2, 0.25) is 0 Å². The lowest BCUT2D eigenvalue weighted by molar-refractivity contribution is -0.139. The number of carbonyl (C=O) groups is 1. The molecule has 0 saturated carbocycles. The van der Waals surface area contributed by atoms with E-state index in [9.17, 15) is 14.0 Å². The van der Waals surface area contributed by atoms with Crippen molar-refractivity contribution in [3.8, 4) is 11.5 Å². The lowest BCUT2D eigenvalue weighted by atomic mass is 9.96. The van der Waals surface area contributed by atoms with Gasteiger partial charge in [-0.25, -0.2) is 14.2 Å². The molecule has 1 unspecified atom stereocenters. The van der Waals surface area contributed by atoms with Gasteiger partial charge in [-0.15, -0.1) is 0 Å². The molecule has 0 radical (unpaired) electrons. The van der Waals surface area contributed by atoms with E-state index in [1.165, 1.54) is 23.5 Å². The summed E-state index contributed by atoms with van der Waals surface area (Å²) in [6, 6.07) is 16.3. The summed E-state index contributed by atoms with van der Waals surface area (Å²) >= 11 is 8.38. The maximum absolute atomic E-state index is 13.9. The number of thiazole rings is 1. The Bertz CT molecular complexity index is 1840. The van der Waals surface area contributed by atoms with Crippen molar-refractivity contribution in [3.63, 3.8) is 0 Å². The largest absolute Gasteiger partial charge is 0.497 e. The van der Waals surface area contributed by atoms with Crippen molar-refractivity contribution in [1.29, 1.82) is 0 Å². The number of methoxy groups -OCH3 is 1. The highest BCUT2D eigenvalue weighted by Crippen LogP contribution is 2.36. The van der Waals surface area contributed by atoms with Gasteiger partial charge in [0, 0.05) is 0 Å². The highest BCUT2D eigenvalue weighted by atomic mass is 79.9. The van der Waals surface area contributed by atoms with E-state index in [2.05, 4.69) is 36.9 Å². The molecule has 216 valence electrons. The van der Waals surface area contributed by atoms with Crippen molar-refractivity contribution in [1.82, 2.24) is 4.57 Å². The van der Waals surface area contributed by atoms with Crippen LogP contribution in [0.1, 0.15) is 36.6 Å². The van der Waals surface area contributed by atoms with E-state index in [-0.39, 0.29) is 24.6 Å². The summed E-state index contributed by atoms with van der Waals surface area (Å²) in [5, 5.41) is 0. The van der Waals surface area contributed by atoms with E-state index in [0.29, 0.717) is 41.0 Å². The zero-order chi connectivity index (χ0) is 30.0. The Morgan fingerprint density at radius 1 is 1.10 bits per heavy atom. The predicted octanol–water partition coefficient (Wildman–Crippen LogP) is 6.05. The average molecular weight is 716 g/mol. The minimum Gasteiger partial charge on any atom is -0.497 e. The van der Waals surface area contributed by atoms with E-state index in [1.807, 2.05) is 24.3 Å². The van der Waals surface area contributed by atoms with Gasteiger partial charge >= 0.3 is 5.97 Å². The molecule has 4 aromatic rings. The van der Waals surface area contributed by atoms with Crippen LogP contribution in [0.15, 0.2) is 90.7 Å². The van der Waals surface area contributed by atoms with Crippen LogP contribution in [0.25, 0.3) is 6.08 Å². The Balaban J connectivity index is 1.54. The molecule has 3 aromatic carbocycles. The number of carbonyl (C=O) groups excluding carboxylic acids is 1. The fourth-order valence-electron chi connectivity index (χ4n) is 4.58. The van der Waals surface area contributed by atoms with Gasteiger partial charge in [-0.2, -0.15) is 0 Å². The third-order valence-corrected chi connectivity index (χ3v) is 8.72. The van der Waals surface area contributed by atoms with Crippen molar-refractivity contribution in [2.24, 2.45) is 4.99 Å². The molecule has 0 saturated heterocycles. The maximum Gasteiger partial charge on any atom is 0.338 e. The fraction of sp³-hybridized carbons (Fsp3) is 0.194. The first kappa shape index (κ1) is 29.9. The van der Waals surface area contributed by atoms with E-state index >= 15 is 0 Å². The fourth-order valence-corrected chi connectivity index (χ4v) is 7.08. The summed E-state index contributed by atoms with van der Waals surface area (Å²) in [6.45, 7) is 3.94. The lowest BCUT2D eigenvalue weighted by Crippen LogP contribution is -2.39. The lowest BCUT2D eigenvalue weighted by Gasteiger charge is -2.24. The predicted molar refractivity (Wildman–Crippen MR) is 166 cm³/mol. The molecule has 2 heterocycles. The van der Waals surface area contributed by atoms with Crippen molar-refractivity contribution in [2.45, 2.75) is 26.5 Å². The quantitative estimate of drug-likeness (QED) is 0.208. The second-order valence-electron chi connectivity index (χ2n) is 9.30. The number of halogens is 3. The number of rotatable bonds is 8. The average Bonchev–Trinajstić information content (AvgIpc) is 3.26. The number of fused-ring (bicyclic) bond motifs is 1. The first-order valence-electron chi connectivity index (χ1n) is 12.9. The Labute approximate surface area is 261 Å². The molecule has 0 amide bonds. The highest BCUT2D eigenvalue weighted by Gasteiger charge is 2.33. The number of allylic oxidation sites excluding steroid dienone is 1. The Morgan fingerprint density at radius 2 is 1.76 bits per heavy atom. The SMILES string of the molecule is CCOC(=O)C1=C(C)N=c2s/c(=C/c3cc(Br)c(OCc4ccc(F)cc4)c(Br)c3)c(=O)n2C1c1ccc(OC)cc1. The number of aromatic nitrogens is 1. The van der Waals surface area contributed by atoms with Gasteiger partial charge in [-0.3, -0.25) is 9.36 Å². The number of nitrogens with zero attached hydrogens (tertiary/aromatic N) is 2. The van der Waals surface area contributed by atoms with Crippen LogP contribution in [0, 0.1) is 5.82 Å². The summed E-state index contributed by atoms with van der Waals surface area (Å²) in [5.41, 5.74) is 2.83. The van der Waals surface area contributed by atoms with Crippen molar-refractivity contribution < 1.29 is 23.4 Å². The molecule has 1 atom stereocenters. The molecule has 0 aliphatic carbocycles. The first-order valence-corrected chi connectivity index (χ1v) is 15.3. The zero-order valence-corrected chi connectivity index (χ0v) is 26.8. The van der Waals surface area contributed by atoms with Crippen LogP contribution in [0.2, 0.25) is 0 Å². The van der Waals surface area contributed by atoms with Crippen LogP contribution < -0.4 is 24.4 Å². The molecule has 42 heavy (non-hydrogen) atoms. The molecule has 0 N–H and O–H groups in total. The van der Waals surface area contributed by atoms with Gasteiger partial charge in [0.15, 0.2) is 4.80 Å². The third kappa shape index (κ3) is 6.13. The molecule has 0 fully saturated rings. The standard InChI is InChI=1S/C31H25Br2FN2O5S/c1-4-40-30(38)26-17(2)35-31-36(27(26)20-7-11-22(39-3)12-8-20)29(37)25(42-31)15-19-13-23(32)28(24(33)14-19)41-16-18-5-9-21(34)10-6-18/h5-15,27H,4,16H2,1-3H3/b25-15+. The zero-order valence-electron chi connectivity index (χ0n) is 22.8. The summed E-state index contributed by atoms with van der Waals surface area (Å²) < 4.78 is 33.2. The highest BCUT2D eigenvalue weighted by molar-refractivity contribution is 9.11. The molecule has 1 aliphatic rings. The molecular weight excluding hydrogens is 691 g/mol. The molecule has 1 aromatic heterocycles. The van der Waals surface area contributed by atoms with E-state index in [0.717, 1.165) is 16.7 Å². The van der Waals surface area contributed by atoms with Crippen LogP contribution in [0.5, 0.6) is 11.5 Å². The van der Waals surface area contributed by atoms with Gasteiger partial charge in [0.25, 0.3) is 5.56 Å². The van der Waals surface area contributed by atoms with Crippen molar-refractivity contribution >= 4 is 55.2 Å². The number of benzene rings is 3. The smallest absolute Gasteiger partial charge is 0.338 e. The van der Waals surface area contributed by atoms with Crippen LogP contribution in [0.4, 0.5) is 4.39 Å². The van der Waals surface area contributed by atoms with E-state index in [4.69, 9.17) is 14.2 Å². The number of ether oxygens (including phenoxy) is 3. The molecule has 11 heteroatoms. The van der Waals surface area contributed by atoms with Crippen LogP contribution >= 0.6 is 43.2 Å². The molecule has 1 aliphatic heterocycles. The van der Waals surface area contributed by atoms with Gasteiger partial charge in [-0.05, 0) is 105 Å². The molecule has 5 rings (SSSR count). The second-order valence-corrected chi connectivity index (χ2v) is 12.0. The number of hydrogen-bond donors (Lipinski definition) is 0. The van der Waals surface area contributed by atoms with Crippen molar-refractivity contribution in [2.75, 3.05) is 13.7 Å². The summed E-state index contributed by atoms with van der Waals surface area (Å²) in [7, 11) is 1.58. The monoisotopic (exact) mass is 714 g/mol. The minimum atomic E-state index is -0.714. The Morgan fingerprint density at radius 3 is 2.38 bits per heavy atom. The third-order valence-electron chi connectivity index (χ3n) is 6.56. The van der Waals surface area contributed by atoms with E-state index in [1.54, 1.807) is 55.9 Å². The van der Waals surface area contributed by atoms with Gasteiger partial charge in [0.1, 0.15) is 23.9 Å². The summed E-state index contributed by atoms with van der Waals surface area (Å²) in [4.78, 5) is 32.1. The van der Waals surface area contributed by atoms with Crippen LogP contribution in [0.3, 0.4) is 0 Å². The molecular formula is C31H25Br2FN2O5S. The Kier molecular flexibility index (Phi) is 9.10.